The third-order valence-corrected chi connectivity index (χ3v) is 8.54. The fourth-order valence-corrected chi connectivity index (χ4v) is 5.90. The van der Waals surface area contributed by atoms with E-state index in [0.717, 1.165) is 48.5 Å². The zero-order valence-electron chi connectivity index (χ0n) is 49.2. The van der Waals surface area contributed by atoms with Gasteiger partial charge in [-0.1, -0.05) is 66.2 Å². The molecule has 6 rings (SSSR count). The van der Waals surface area contributed by atoms with Crippen molar-refractivity contribution >= 4 is 23.4 Å². The van der Waals surface area contributed by atoms with Crippen LogP contribution in [0.2, 0.25) is 0 Å². The summed E-state index contributed by atoms with van der Waals surface area (Å²) in [6.45, 7) is -19.8. The van der Waals surface area contributed by atoms with Gasteiger partial charge in [0.1, 0.15) is 12.6 Å². The number of aliphatic hydroxyl groups excluding tert-OH is 1. The molecule has 1 amide bonds. The summed E-state index contributed by atoms with van der Waals surface area (Å²) in [5.74, 6) is -5.14. The van der Waals surface area contributed by atoms with Gasteiger partial charge in [-0.3, -0.25) is 4.79 Å². The average molecular weight is 774 g/mol. The lowest BCUT2D eigenvalue weighted by molar-refractivity contribution is -0.137. The first-order chi connectivity index (χ1) is 33.9. The van der Waals surface area contributed by atoms with Crippen molar-refractivity contribution in [2.45, 2.75) is 50.2 Å². The zero-order valence-corrected chi connectivity index (χ0v) is 28.1. The molecule has 4 aromatic rings. The second-order valence-electron chi connectivity index (χ2n) is 11.2. The van der Waals surface area contributed by atoms with Gasteiger partial charge in [0.25, 0.3) is 0 Å². The summed E-state index contributed by atoms with van der Waals surface area (Å²) in [6, 6.07) is 2.74. The van der Waals surface area contributed by atoms with Crippen molar-refractivity contribution < 1.29 is 66.7 Å². The predicted molar refractivity (Wildman–Crippen MR) is 198 cm³/mol. The Labute approximate surface area is 341 Å². The van der Waals surface area contributed by atoms with E-state index in [-0.39, 0.29) is 38.9 Å². The fourth-order valence-electron chi connectivity index (χ4n) is 5.10. The number of ether oxygens (including phenoxy) is 1. The molecule has 0 bridgehead atoms. The molecule has 4 aromatic carbocycles. The molecule has 280 valence electrons. The maximum atomic E-state index is 15.5. The molecule has 12 heteroatoms. The van der Waals surface area contributed by atoms with Gasteiger partial charge in [0.05, 0.1) is 30.9 Å². The number of amides is 1. The van der Waals surface area contributed by atoms with E-state index in [4.69, 9.17) is 23.3 Å². The summed E-state index contributed by atoms with van der Waals surface area (Å²) in [4.78, 5) is 14.9. The van der Waals surface area contributed by atoms with Gasteiger partial charge in [0.15, 0.2) is 11.6 Å². The number of methoxy groups -OCH3 is 1. The van der Waals surface area contributed by atoms with Crippen LogP contribution in [0.1, 0.15) is 76.8 Å². The number of nitrogens with zero attached hydrogens (tertiary/aromatic N) is 3. The SMILES string of the molecule is [2H]C1=C(SC([2H])([2H])c2cccc(F)c2F)N(CC(=O)N(Cc2ccc(-c3ccc(C(F)(F)F)cc3)cc2)C2([2H])C([2H])([2H])C([2H])([2H])N(C([2H])([2H])C([2H])([2H])OC([2H])([2H])[2H])C([2H])([2H])C2([2H])[2H])c2c([2H])c([2H])c(C)c([2H])c2C1O. The second kappa shape index (κ2) is 16.8. The first-order valence-electron chi connectivity index (χ1n) is 26.3. The van der Waals surface area contributed by atoms with Crippen LogP contribution >= 0.6 is 11.8 Å². The minimum absolute atomic E-state index is 0.116. The Bertz CT molecular complexity index is 2900. The molecular formula is C41H42F5N3O3S. The van der Waals surface area contributed by atoms with Gasteiger partial charge in [-0.25, -0.2) is 8.78 Å². The van der Waals surface area contributed by atoms with E-state index in [9.17, 15) is 29.5 Å². The number of rotatable bonds is 12. The summed E-state index contributed by atoms with van der Waals surface area (Å²) in [5.41, 5.74) is -6.92. The Hall–Kier alpha value is -4.23. The van der Waals surface area contributed by atoms with Crippen molar-refractivity contribution in [2.24, 2.45) is 0 Å². The van der Waals surface area contributed by atoms with E-state index in [1.54, 1.807) is 0 Å². The lowest BCUT2D eigenvalue weighted by atomic mass is 9.99. The monoisotopic (exact) mass is 773 g/mol. The van der Waals surface area contributed by atoms with E-state index < -0.39 is 157 Å². The van der Waals surface area contributed by atoms with Gasteiger partial charge in [-0.2, -0.15) is 13.2 Å². The molecule has 2 heterocycles. The van der Waals surface area contributed by atoms with Crippen molar-refractivity contribution in [2.75, 3.05) is 44.5 Å². The van der Waals surface area contributed by atoms with Crippen molar-refractivity contribution in [1.29, 1.82) is 0 Å². The Balaban J connectivity index is 1.61. The molecule has 1 fully saturated rings. The largest absolute Gasteiger partial charge is 0.416 e. The molecule has 1 saturated heterocycles. The topological polar surface area (TPSA) is 56.3 Å². The first-order valence-corrected chi connectivity index (χ1v) is 16.2. The van der Waals surface area contributed by atoms with E-state index in [1.165, 1.54) is 19.1 Å². The smallest absolute Gasteiger partial charge is 0.384 e. The number of benzene rings is 4. The molecule has 1 unspecified atom stereocenters. The number of hydrogen-bond donors (Lipinski definition) is 1. The van der Waals surface area contributed by atoms with Crippen LogP contribution in [0.4, 0.5) is 27.6 Å². The van der Waals surface area contributed by atoms with Gasteiger partial charge in [-0.15, -0.1) is 11.8 Å². The number of fused-ring (bicyclic) bond motifs is 1. The normalized spacial score (nSPS) is 28.4. The Morgan fingerprint density at radius 1 is 1.09 bits per heavy atom. The second-order valence-corrected chi connectivity index (χ2v) is 12.0. The molecule has 0 aliphatic carbocycles. The Kier molecular flexibility index (Phi) is 6.16. The quantitative estimate of drug-likeness (QED) is 0.146. The van der Waals surface area contributed by atoms with Crippen LogP contribution < -0.4 is 4.90 Å². The van der Waals surface area contributed by atoms with Crippen LogP contribution in [-0.2, 0) is 28.0 Å². The van der Waals surface area contributed by atoms with Crippen molar-refractivity contribution in [3.05, 3.63) is 135 Å². The number of carbonyl (C=O) groups is 1. The molecular weight excluding hydrogens is 710 g/mol. The summed E-state index contributed by atoms with van der Waals surface area (Å²) < 4.78 is 266. The summed E-state index contributed by atoms with van der Waals surface area (Å²) >= 11 is -0.196. The fraction of sp³-hybridized carbons (Fsp3) is 0.341. The minimum Gasteiger partial charge on any atom is -0.384 e. The lowest BCUT2D eigenvalue weighted by Gasteiger charge is -2.40. The van der Waals surface area contributed by atoms with Gasteiger partial charge >= 0.3 is 6.18 Å². The molecule has 2 aliphatic rings. The number of piperidine rings is 1. The Morgan fingerprint density at radius 3 is 2.47 bits per heavy atom. The van der Waals surface area contributed by atoms with Crippen LogP contribution in [0, 0.1) is 18.6 Å². The van der Waals surface area contributed by atoms with Crippen LogP contribution in [-0.4, -0.2) is 66.5 Å². The number of hydrogen-bond acceptors (Lipinski definition) is 6. The van der Waals surface area contributed by atoms with Gasteiger partial charge in [-0.05, 0) is 66.7 Å². The lowest BCUT2D eigenvalue weighted by Crippen LogP contribution is -2.50. The van der Waals surface area contributed by atoms with Crippen LogP contribution in [0.3, 0.4) is 0 Å². The summed E-state index contributed by atoms with van der Waals surface area (Å²) in [7, 11) is -3.85. The van der Waals surface area contributed by atoms with Crippen LogP contribution in [0.15, 0.2) is 95.9 Å². The molecule has 53 heavy (non-hydrogen) atoms. The molecule has 0 spiro atoms. The van der Waals surface area contributed by atoms with Gasteiger partial charge < -0.3 is 24.5 Å². The number of aliphatic hydroxyl groups is 1. The maximum Gasteiger partial charge on any atom is 0.416 e. The standard InChI is InChI=1S/C41H42F5N3O3S/c1-27-6-15-36-34(22-27)37(50)23-39(53-26-31-4-3-5-35(42)40(31)43)49(36)25-38(51)48(33-16-18-47(19-17-33)20-21-52-2)24-28-7-9-29(10-8-28)30-11-13-32(14-12-30)41(44,45)46/h3-15,22-23,33,37,50H,16-21,24-26H2,1-2H3/i2D3,6D,15D,16D2,17D2,18D2,19D2,20D2,21D2,22D,23D,26D2,33D. The first kappa shape index (κ1) is 19.4. The highest BCUT2D eigenvalue weighted by Crippen LogP contribution is 2.41. The number of alkyl halides is 3. The molecule has 0 saturated carbocycles. The number of likely N-dealkylation sites (tertiary alicyclic amines) is 1. The van der Waals surface area contributed by atoms with E-state index in [0.29, 0.717) is 11.0 Å². The molecule has 0 radical (unpaired) electrons. The van der Waals surface area contributed by atoms with Gasteiger partial charge in [0.2, 0.25) is 5.91 Å². The molecule has 0 aromatic heterocycles. The van der Waals surface area contributed by atoms with E-state index >= 15 is 9.18 Å². The van der Waals surface area contributed by atoms with Crippen molar-refractivity contribution in [1.82, 2.24) is 9.80 Å². The Morgan fingerprint density at radius 2 is 1.79 bits per heavy atom. The summed E-state index contributed by atoms with van der Waals surface area (Å²) in [5, 5.41) is 10.6. The zero-order chi connectivity index (χ0) is 57.2. The summed E-state index contributed by atoms with van der Waals surface area (Å²) in [6.07, 6.45) is -16.1. The number of carbonyl (C=O) groups excluding carboxylic acids is 1. The van der Waals surface area contributed by atoms with Crippen molar-refractivity contribution in [3.63, 3.8) is 0 Å². The number of halogens is 5. The molecule has 2 aliphatic heterocycles. The highest BCUT2D eigenvalue weighted by molar-refractivity contribution is 8.02. The van der Waals surface area contributed by atoms with Gasteiger partial charge in [0, 0.05) is 78.1 Å². The van der Waals surface area contributed by atoms with Crippen LogP contribution in [0.5, 0.6) is 0 Å². The van der Waals surface area contributed by atoms with Crippen LogP contribution in [0.25, 0.3) is 11.1 Å². The van der Waals surface area contributed by atoms with E-state index in [2.05, 4.69) is 4.74 Å². The van der Waals surface area contributed by atoms with E-state index in [1.807, 2.05) is 0 Å². The minimum atomic E-state index is -4.71. The third kappa shape index (κ3) is 9.29. The number of thioether (sulfide) groups is 1. The molecule has 1 atom stereocenters. The highest BCUT2D eigenvalue weighted by Gasteiger charge is 2.33. The molecule has 6 nitrogen and oxygen atoms in total. The third-order valence-electron chi connectivity index (χ3n) is 7.69. The predicted octanol–water partition coefficient (Wildman–Crippen LogP) is 8.73. The average Bonchev–Trinajstić information content (AvgIpc) is 3.27. The molecule has 1 N–H and O–H groups in total. The maximum absolute atomic E-state index is 15.5. The highest BCUT2D eigenvalue weighted by atomic mass is 32.2. The van der Waals surface area contributed by atoms with Crippen molar-refractivity contribution in [3.8, 4) is 11.1 Å². The number of anilines is 1.